The zero-order valence-electron chi connectivity index (χ0n) is 13.2. The predicted molar refractivity (Wildman–Crippen MR) is 81.8 cm³/mol. The summed E-state index contributed by atoms with van der Waals surface area (Å²) in [7, 11) is 0. The van der Waals surface area contributed by atoms with E-state index >= 15 is 0 Å². The summed E-state index contributed by atoms with van der Waals surface area (Å²) in [6, 6.07) is 0. The maximum atomic E-state index is 6.32. The molecule has 2 N–H and O–H groups in total. The Morgan fingerprint density at radius 3 is 1.63 bits per heavy atom. The summed E-state index contributed by atoms with van der Waals surface area (Å²) in [5.74, 6) is 0. The minimum atomic E-state index is -0.535. The van der Waals surface area contributed by atoms with Gasteiger partial charge >= 0.3 is 0 Å². The third-order valence-electron chi connectivity index (χ3n) is 3.42. The lowest BCUT2D eigenvalue weighted by atomic mass is 9.91. The van der Waals surface area contributed by atoms with Crippen LogP contribution in [0.25, 0.3) is 0 Å². The molecule has 0 amide bonds. The van der Waals surface area contributed by atoms with Gasteiger partial charge in [0, 0.05) is 0 Å². The number of ether oxygens (including phenoxy) is 2. The minimum Gasteiger partial charge on any atom is -0.497 e. The smallest absolute Gasteiger partial charge is 0.116 e. The van der Waals surface area contributed by atoms with Crippen molar-refractivity contribution in [3.05, 3.63) is 24.7 Å². The van der Waals surface area contributed by atoms with E-state index in [1.165, 1.54) is 0 Å². The molecule has 0 bridgehead atoms. The topological polar surface area (TPSA) is 44.5 Å². The van der Waals surface area contributed by atoms with E-state index in [1.807, 2.05) is 32.9 Å². The molecule has 3 heteroatoms. The predicted octanol–water partition coefficient (Wildman–Crippen LogP) is 4.14. The van der Waals surface area contributed by atoms with Gasteiger partial charge in [0.25, 0.3) is 0 Å². The van der Waals surface area contributed by atoms with E-state index in [0.29, 0.717) is 0 Å². The van der Waals surface area contributed by atoms with E-state index in [0.717, 1.165) is 25.7 Å². The van der Waals surface area contributed by atoms with Gasteiger partial charge in [-0.1, -0.05) is 26.7 Å². The van der Waals surface area contributed by atoms with Crippen molar-refractivity contribution in [1.29, 1.82) is 0 Å². The molecule has 0 aliphatic carbocycles. The lowest BCUT2D eigenvalue weighted by Crippen LogP contribution is -2.56. The van der Waals surface area contributed by atoms with Crippen molar-refractivity contribution < 1.29 is 9.47 Å². The largest absolute Gasteiger partial charge is 0.497 e. The van der Waals surface area contributed by atoms with Crippen molar-refractivity contribution in [3.63, 3.8) is 0 Å². The molecule has 0 spiro atoms. The van der Waals surface area contributed by atoms with Crippen LogP contribution in [0.4, 0.5) is 0 Å². The first-order valence-corrected chi connectivity index (χ1v) is 7.36. The first-order valence-electron chi connectivity index (χ1n) is 7.36. The van der Waals surface area contributed by atoms with Crippen molar-refractivity contribution in [1.82, 2.24) is 0 Å². The second-order valence-corrected chi connectivity index (χ2v) is 5.24. The van der Waals surface area contributed by atoms with Gasteiger partial charge in [-0.3, -0.25) is 0 Å². The molecule has 19 heavy (non-hydrogen) atoms. The summed E-state index contributed by atoms with van der Waals surface area (Å²) >= 11 is 0. The highest BCUT2D eigenvalue weighted by atomic mass is 16.5. The molecule has 112 valence electrons. The Kier molecular flexibility index (Phi) is 9.40. The Morgan fingerprint density at radius 2 is 1.32 bits per heavy atom. The van der Waals surface area contributed by atoms with Gasteiger partial charge in [0.15, 0.2) is 0 Å². The number of unbranched alkanes of at least 4 members (excludes halogenated alkanes) is 2. The molecule has 3 nitrogen and oxygen atoms in total. The third kappa shape index (κ3) is 7.26. The maximum absolute atomic E-state index is 6.32. The van der Waals surface area contributed by atoms with Gasteiger partial charge in [-0.2, -0.15) is 0 Å². The zero-order valence-corrected chi connectivity index (χ0v) is 13.2. The molecule has 2 unspecified atom stereocenters. The van der Waals surface area contributed by atoms with Crippen LogP contribution in [-0.4, -0.2) is 17.7 Å². The van der Waals surface area contributed by atoms with Gasteiger partial charge in [-0.25, -0.2) is 0 Å². The summed E-state index contributed by atoms with van der Waals surface area (Å²) in [6.45, 7) is 10.2. The first-order chi connectivity index (χ1) is 8.96. The molecule has 0 rings (SSSR count). The van der Waals surface area contributed by atoms with Gasteiger partial charge in [-0.15, -0.1) is 0 Å². The van der Waals surface area contributed by atoms with Gasteiger partial charge in [0.1, 0.15) is 12.2 Å². The SMILES string of the molecule is CCCC=COC(C)C(C)(N)C(C)OC=CCCC. The number of rotatable bonds is 10. The average molecular weight is 269 g/mol. The van der Waals surface area contributed by atoms with Crippen LogP contribution in [0.15, 0.2) is 24.7 Å². The van der Waals surface area contributed by atoms with E-state index in [9.17, 15) is 0 Å². The fourth-order valence-corrected chi connectivity index (χ4v) is 1.44. The molecule has 0 heterocycles. The van der Waals surface area contributed by atoms with E-state index in [4.69, 9.17) is 15.2 Å². The summed E-state index contributed by atoms with van der Waals surface area (Å²) < 4.78 is 11.3. The second-order valence-electron chi connectivity index (χ2n) is 5.24. The summed E-state index contributed by atoms with van der Waals surface area (Å²) in [5, 5.41) is 0. The van der Waals surface area contributed by atoms with Gasteiger partial charge < -0.3 is 15.2 Å². The monoisotopic (exact) mass is 269 g/mol. The number of nitrogens with two attached hydrogens (primary N) is 1. The fraction of sp³-hybridized carbons (Fsp3) is 0.750. The van der Waals surface area contributed by atoms with Gasteiger partial charge in [0.05, 0.1) is 18.1 Å². The molecule has 2 atom stereocenters. The van der Waals surface area contributed by atoms with Crippen LogP contribution in [0.3, 0.4) is 0 Å². The number of hydrogen-bond acceptors (Lipinski definition) is 3. The van der Waals surface area contributed by atoms with Crippen molar-refractivity contribution in [2.24, 2.45) is 5.73 Å². The Bertz CT molecular complexity index is 246. The zero-order chi connectivity index (χ0) is 14.7. The van der Waals surface area contributed by atoms with Crippen LogP contribution in [0.1, 0.15) is 60.3 Å². The Morgan fingerprint density at radius 1 is 0.947 bits per heavy atom. The first kappa shape index (κ1) is 18.0. The van der Waals surface area contributed by atoms with E-state index in [2.05, 4.69) is 13.8 Å². The number of allylic oxidation sites excluding steroid dienone is 2. The van der Waals surface area contributed by atoms with Gasteiger partial charge in [0.2, 0.25) is 0 Å². The van der Waals surface area contributed by atoms with E-state index in [1.54, 1.807) is 12.5 Å². The van der Waals surface area contributed by atoms with Crippen molar-refractivity contribution in [2.45, 2.75) is 78.0 Å². The molecule has 0 saturated carbocycles. The normalized spacial score (nSPS) is 18.4. The Labute approximate surface area is 118 Å². The molecular weight excluding hydrogens is 238 g/mol. The minimum absolute atomic E-state index is 0.102. The van der Waals surface area contributed by atoms with Crippen LogP contribution < -0.4 is 5.73 Å². The highest BCUT2D eigenvalue weighted by Gasteiger charge is 2.35. The summed E-state index contributed by atoms with van der Waals surface area (Å²) in [5.41, 5.74) is 5.78. The Hall–Kier alpha value is -0.960. The lowest BCUT2D eigenvalue weighted by Gasteiger charge is -2.35. The molecular formula is C16H31NO2. The van der Waals surface area contributed by atoms with Crippen molar-refractivity contribution >= 4 is 0 Å². The molecule has 0 aliphatic rings. The highest BCUT2D eigenvalue weighted by molar-refractivity contribution is 4.94. The van der Waals surface area contributed by atoms with E-state index in [-0.39, 0.29) is 12.2 Å². The van der Waals surface area contributed by atoms with Gasteiger partial charge in [-0.05, 0) is 45.8 Å². The third-order valence-corrected chi connectivity index (χ3v) is 3.42. The summed E-state index contributed by atoms with van der Waals surface area (Å²) in [4.78, 5) is 0. The molecule has 0 radical (unpaired) electrons. The Balaban J connectivity index is 4.24. The van der Waals surface area contributed by atoms with Crippen LogP contribution in [-0.2, 0) is 9.47 Å². The van der Waals surface area contributed by atoms with Crippen molar-refractivity contribution in [2.75, 3.05) is 0 Å². The average Bonchev–Trinajstić information content (AvgIpc) is 2.39. The second kappa shape index (κ2) is 9.90. The summed E-state index contributed by atoms with van der Waals surface area (Å²) in [6.07, 6.45) is 11.6. The quantitative estimate of drug-likeness (QED) is 0.606. The molecule has 0 aromatic rings. The molecule has 0 aromatic heterocycles. The molecule has 0 saturated heterocycles. The molecule has 0 fully saturated rings. The standard InChI is InChI=1S/C16H31NO2/c1-6-8-10-12-18-14(3)16(5,17)15(4)19-13-11-9-7-2/h10-15H,6-9,17H2,1-5H3. The van der Waals surface area contributed by atoms with Crippen LogP contribution in [0.5, 0.6) is 0 Å². The maximum Gasteiger partial charge on any atom is 0.116 e. The van der Waals surface area contributed by atoms with Crippen molar-refractivity contribution in [3.8, 4) is 0 Å². The van der Waals surface area contributed by atoms with Crippen LogP contribution in [0, 0.1) is 0 Å². The lowest BCUT2D eigenvalue weighted by molar-refractivity contribution is 0.00142. The molecule has 0 aromatic carbocycles. The highest BCUT2D eigenvalue weighted by Crippen LogP contribution is 2.18. The van der Waals surface area contributed by atoms with E-state index < -0.39 is 5.54 Å². The van der Waals surface area contributed by atoms with Crippen LogP contribution in [0.2, 0.25) is 0 Å². The molecule has 0 aliphatic heterocycles. The van der Waals surface area contributed by atoms with Crippen LogP contribution >= 0.6 is 0 Å². The number of hydrogen-bond donors (Lipinski definition) is 1. The fourth-order valence-electron chi connectivity index (χ4n) is 1.44.